The summed E-state index contributed by atoms with van der Waals surface area (Å²) in [6.45, 7) is 1.60. The maximum Gasteiger partial charge on any atom is 0.133 e. The molecular weight excluding hydrogens is 178 g/mol. The maximum atomic E-state index is 5.31. The SMILES string of the molecule is NCCOCc1nc2ccccc2[nH]1. The molecule has 0 aliphatic heterocycles. The lowest BCUT2D eigenvalue weighted by molar-refractivity contribution is 0.123. The Bertz CT molecular complexity index is 377. The van der Waals surface area contributed by atoms with E-state index in [1.54, 1.807) is 0 Å². The van der Waals surface area contributed by atoms with Crippen LogP contribution in [0.2, 0.25) is 0 Å². The number of nitrogens with two attached hydrogens (primary N) is 1. The van der Waals surface area contributed by atoms with Gasteiger partial charge in [0.1, 0.15) is 12.4 Å². The van der Waals surface area contributed by atoms with Crippen LogP contribution in [-0.4, -0.2) is 23.1 Å². The van der Waals surface area contributed by atoms with E-state index in [0.29, 0.717) is 19.8 Å². The fourth-order valence-corrected chi connectivity index (χ4v) is 1.33. The minimum Gasteiger partial charge on any atom is -0.372 e. The van der Waals surface area contributed by atoms with Gasteiger partial charge in [0.05, 0.1) is 17.6 Å². The van der Waals surface area contributed by atoms with Crippen LogP contribution >= 0.6 is 0 Å². The van der Waals surface area contributed by atoms with Crippen LogP contribution in [0.3, 0.4) is 0 Å². The Morgan fingerprint density at radius 2 is 2.21 bits per heavy atom. The van der Waals surface area contributed by atoms with E-state index in [-0.39, 0.29) is 0 Å². The molecule has 74 valence electrons. The Hall–Kier alpha value is -1.39. The third-order valence-corrected chi connectivity index (χ3v) is 1.94. The summed E-state index contributed by atoms with van der Waals surface area (Å²) in [6.07, 6.45) is 0. The van der Waals surface area contributed by atoms with Crippen molar-refractivity contribution in [3.63, 3.8) is 0 Å². The number of para-hydroxylation sites is 2. The second-order valence-electron chi connectivity index (χ2n) is 3.04. The first-order chi connectivity index (χ1) is 6.90. The molecule has 4 nitrogen and oxygen atoms in total. The van der Waals surface area contributed by atoms with Crippen molar-refractivity contribution in [2.24, 2.45) is 5.73 Å². The number of hydrogen-bond donors (Lipinski definition) is 2. The third-order valence-electron chi connectivity index (χ3n) is 1.94. The largest absolute Gasteiger partial charge is 0.372 e. The van der Waals surface area contributed by atoms with Crippen LogP contribution in [0.4, 0.5) is 0 Å². The number of benzene rings is 1. The summed E-state index contributed by atoms with van der Waals surface area (Å²) in [5.74, 6) is 0.847. The molecule has 0 spiro atoms. The van der Waals surface area contributed by atoms with E-state index in [9.17, 15) is 0 Å². The number of imidazole rings is 1. The van der Waals surface area contributed by atoms with Gasteiger partial charge in [-0.15, -0.1) is 0 Å². The third kappa shape index (κ3) is 1.92. The topological polar surface area (TPSA) is 63.9 Å². The van der Waals surface area contributed by atoms with Gasteiger partial charge in [0.15, 0.2) is 0 Å². The monoisotopic (exact) mass is 191 g/mol. The molecule has 2 rings (SSSR count). The lowest BCUT2D eigenvalue weighted by atomic mass is 10.3. The fourth-order valence-electron chi connectivity index (χ4n) is 1.33. The Kier molecular flexibility index (Phi) is 2.76. The summed E-state index contributed by atoms with van der Waals surface area (Å²) in [7, 11) is 0. The highest BCUT2D eigenvalue weighted by Gasteiger charge is 2.00. The standard InChI is InChI=1S/C10H13N3O/c11-5-6-14-7-10-12-8-3-1-2-4-9(8)13-10/h1-4H,5-7,11H2,(H,12,13). The number of fused-ring (bicyclic) bond motifs is 1. The van der Waals surface area contributed by atoms with Gasteiger partial charge in [-0.1, -0.05) is 12.1 Å². The molecule has 0 saturated carbocycles. The Morgan fingerprint density at radius 1 is 1.36 bits per heavy atom. The zero-order valence-electron chi connectivity index (χ0n) is 7.86. The number of aromatic amines is 1. The second kappa shape index (κ2) is 4.21. The zero-order valence-corrected chi connectivity index (χ0v) is 7.86. The van der Waals surface area contributed by atoms with Gasteiger partial charge >= 0.3 is 0 Å². The number of nitrogens with zero attached hydrogens (tertiary/aromatic N) is 1. The quantitative estimate of drug-likeness (QED) is 0.710. The predicted octanol–water partition coefficient (Wildman–Crippen LogP) is 1.04. The van der Waals surface area contributed by atoms with Crippen LogP contribution in [0.15, 0.2) is 24.3 Å². The molecule has 0 fully saturated rings. The molecule has 0 saturated heterocycles. The van der Waals surface area contributed by atoms with Crippen molar-refractivity contribution in [2.45, 2.75) is 6.61 Å². The zero-order chi connectivity index (χ0) is 9.80. The summed E-state index contributed by atoms with van der Waals surface area (Å²) in [5.41, 5.74) is 7.32. The van der Waals surface area contributed by atoms with Gasteiger partial charge in [0, 0.05) is 6.54 Å². The summed E-state index contributed by atoms with van der Waals surface area (Å²) in [6, 6.07) is 7.91. The van der Waals surface area contributed by atoms with Gasteiger partial charge in [-0.2, -0.15) is 0 Å². The minimum atomic E-state index is 0.492. The average molecular weight is 191 g/mol. The van der Waals surface area contributed by atoms with Gasteiger partial charge < -0.3 is 15.5 Å². The van der Waals surface area contributed by atoms with E-state index in [4.69, 9.17) is 10.5 Å². The molecule has 14 heavy (non-hydrogen) atoms. The van der Waals surface area contributed by atoms with Gasteiger partial charge in [-0.05, 0) is 12.1 Å². The fraction of sp³-hybridized carbons (Fsp3) is 0.300. The lowest BCUT2D eigenvalue weighted by Gasteiger charge is -1.97. The summed E-state index contributed by atoms with van der Waals surface area (Å²) in [5, 5.41) is 0. The first-order valence-corrected chi connectivity index (χ1v) is 4.61. The number of aromatic nitrogens is 2. The molecule has 4 heteroatoms. The normalized spacial score (nSPS) is 10.9. The van der Waals surface area contributed by atoms with Gasteiger partial charge in [0.2, 0.25) is 0 Å². The Morgan fingerprint density at radius 3 is 3.00 bits per heavy atom. The molecule has 0 radical (unpaired) electrons. The van der Waals surface area contributed by atoms with Crippen LogP contribution in [-0.2, 0) is 11.3 Å². The van der Waals surface area contributed by atoms with Crippen LogP contribution in [0.5, 0.6) is 0 Å². The molecule has 1 heterocycles. The highest BCUT2D eigenvalue weighted by Crippen LogP contribution is 2.10. The van der Waals surface area contributed by atoms with Crippen molar-refractivity contribution >= 4 is 11.0 Å². The van der Waals surface area contributed by atoms with E-state index >= 15 is 0 Å². The molecular formula is C10H13N3O. The van der Waals surface area contributed by atoms with Crippen molar-refractivity contribution < 1.29 is 4.74 Å². The first kappa shape index (κ1) is 9.18. The van der Waals surface area contributed by atoms with Gasteiger partial charge in [-0.3, -0.25) is 0 Å². The van der Waals surface area contributed by atoms with E-state index in [2.05, 4.69) is 9.97 Å². The lowest BCUT2D eigenvalue weighted by Crippen LogP contribution is -2.08. The first-order valence-electron chi connectivity index (χ1n) is 4.61. The van der Waals surface area contributed by atoms with Crippen LogP contribution in [0.25, 0.3) is 11.0 Å². The molecule has 0 atom stereocenters. The van der Waals surface area contributed by atoms with Crippen molar-refractivity contribution in [3.05, 3.63) is 30.1 Å². The summed E-state index contributed by atoms with van der Waals surface area (Å²) in [4.78, 5) is 7.54. The average Bonchev–Trinajstić information content (AvgIpc) is 2.60. The van der Waals surface area contributed by atoms with E-state index in [1.165, 1.54) is 0 Å². The Labute approximate surface area is 82.1 Å². The number of H-pyrrole nitrogens is 1. The van der Waals surface area contributed by atoms with E-state index in [0.717, 1.165) is 16.9 Å². The summed E-state index contributed by atoms with van der Waals surface area (Å²) < 4.78 is 5.28. The van der Waals surface area contributed by atoms with Crippen molar-refractivity contribution in [2.75, 3.05) is 13.2 Å². The molecule has 2 aromatic rings. The molecule has 0 aliphatic carbocycles. The number of nitrogens with one attached hydrogen (secondary N) is 1. The van der Waals surface area contributed by atoms with Gasteiger partial charge in [0.25, 0.3) is 0 Å². The van der Waals surface area contributed by atoms with Crippen molar-refractivity contribution in [3.8, 4) is 0 Å². The molecule has 0 aliphatic rings. The molecule has 0 amide bonds. The highest BCUT2D eigenvalue weighted by atomic mass is 16.5. The molecule has 0 unspecified atom stereocenters. The number of rotatable bonds is 4. The van der Waals surface area contributed by atoms with E-state index < -0.39 is 0 Å². The molecule has 1 aromatic carbocycles. The van der Waals surface area contributed by atoms with Gasteiger partial charge in [-0.25, -0.2) is 4.98 Å². The molecule has 0 bridgehead atoms. The Balaban J connectivity index is 2.11. The highest BCUT2D eigenvalue weighted by molar-refractivity contribution is 5.74. The second-order valence-corrected chi connectivity index (χ2v) is 3.04. The van der Waals surface area contributed by atoms with Crippen molar-refractivity contribution in [1.82, 2.24) is 9.97 Å². The van der Waals surface area contributed by atoms with Crippen LogP contribution in [0.1, 0.15) is 5.82 Å². The maximum absolute atomic E-state index is 5.31. The van der Waals surface area contributed by atoms with E-state index in [1.807, 2.05) is 24.3 Å². The summed E-state index contributed by atoms with van der Waals surface area (Å²) >= 11 is 0. The molecule has 1 aromatic heterocycles. The molecule has 3 N–H and O–H groups in total. The van der Waals surface area contributed by atoms with Crippen LogP contribution < -0.4 is 5.73 Å². The predicted molar refractivity (Wildman–Crippen MR) is 54.8 cm³/mol. The van der Waals surface area contributed by atoms with Crippen molar-refractivity contribution in [1.29, 1.82) is 0 Å². The number of hydrogen-bond acceptors (Lipinski definition) is 3. The minimum absolute atomic E-state index is 0.492. The smallest absolute Gasteiger partial charge is 0.133 e. The van der Waals surface area contributed by atoms with Crippen LogP contribution in [0, 0.1) is 0 Å². The number of ether oxygens (including phenoxy) is 1.